The summed E-state index contributed by atoms with van der Waals surface area (Å²) < 4.78 is 15.2. The number of aromatic nitrogens is 2. The SMILES string of the molecule is Cc1nc2ccc(C(=O)Nc3ccc(C(=O)C(C)C)cc3)cc2n1-c1ccc(F)cc1. The molecule has 1 N–H and O–H groups in total. The lowest BCUT2D eigenvalue weighted by Crippen LogP contribution is -2.12. The fourth-order valence-corrected chi connectivity index (χ4v) is 3.51. The van der Waals surface area contributed by atoms with Crippen molar-refractivity contribution < 1.29 is 14.0 Å². The van der Waals surface area contributed by atoms with Gasteiger partial charge in [0.1, 0.15) is 11.6 Å². The van der Waals surface area contributed by atoms with Crippen molar-refractivity contribution in [3.63, 3.8) is 0 Å². The molecule has 1 heterocycles. The van der Waals surface area contributed by atoms with Gasteiger partial charge < -0.3 is 5.32 Å². The highest BCUT2D eigenvalue weighted by atomic mass is 19.1. The average Bonchev–Trinajstić information content (AvgIpc) is 3.09. The zero-order valence-electron chi connectivity index (χ0n) is 17.5. The molecule has 31 heavy (non-hydrogen) atoms. The highest BCUT2D eigenvalue weighted by Gasteiger charge is 2.14. The summed E-state index contributed by atoms with van der Waals surface area (Å²) in [7, 11) is 0. The maximum absolute atomic E-state index is 13.3. The van der Waals surface area contributed by atoms with Crippen LogP contribution in [0.1, 0.15) is 40.4 Å². The van der Waals surface area contributed by atoms with Crippen molar-refractivity contribution in [2.45, 2.75) is 20.8 Å². The minimum atomic E-state index is -0.313. The summed E-state index contributed by atoms with van der Waals surface area (Å²) in [5, 5.41) is 2.86. The molecule has 0 unspecified atom stereocenters. The van der Waals surface area contributed by atoms with Crippen LogP contribution in [0.5, 0.6) is 0 Å². The third-order valence-corrected chi connectivity index (χ3v) is 5.12. The second-order valence-electron chi connectivity index (χ2n) is 7.72. The van der Waals surface area contributed by atoms with Crippen LogP contribution in [0.25, 0.3) is 16.7 Å². The highest BCUT2D eigenvalue weighted by Crippen LogP contribution is 2.23. The van der Waals surface area contributed by atoms with Crippen LogP contribution in [0.2, 0.25) is 0 Å². The Morgan fingerprint density at radius 2 is 1.58 bits per heavy atom. The van der Waals surface area contributed by atoms with Crippen molar-refractivity contribution in [3.8, 4) is 5.69 Å². The molecule has 156 valence electrons. The Balaban J connectivity index is 1.62. The van der Waals surface area contributed by atoms with Gasteiger partial charge in [-0.15, -0.1) is 0 Å². The number of amides is 1. The van der Waals surface area contributed by atoms with Gasteiger partial charge in [0.25, 0.3) is 5.91 Å². The minimum Gasteiger partial charge on any atom is -0.322 e. The van der Waals surface area contributed by atoms with E-state index in [1.54, 1.807) is 54.6 Å². The van der Waals surface area contributed by atoms with Crippen LogP contribution in [0, 0.1) is 18.7 Å². The molecule has 4 rings (SSSR count). The maximum atomic E-state index is 13.3. The number of nitrogens with zero attached hydrogens (tertiary/aromatic N) is 2. The molecular formula is C25H22FN3O2. The molecule has 0 aliphatic carbocycles. The third-order valence-electron chi connectivity index (χ3n) is 5.12. The number of benzene rings is 3. The number of halogens is 1. The van der Waals surface area contributed by atoms with E-state index in [1.807, 2.05) is 25.3 Å². The van der Waals surface area contributed by atoms with E-state index in [1.165, 1.54) is 12.1 Å². The molecule has 0 saturated heterocycles. The minimum absolute atomic E-state index is 0.0627. The van der Waals surface area contributed by atoms with Crippen molar-refractivity contribution >= 4 is 28.4 Å². The Bertz CT molecular complexity index is 1270. The van der Waals surface area contributed by atoms with Crippen LogP contribution in [0.3, 0.4) is 0 Å². The first-order valence-corrected chi connectivity index (χ1v) is 10.0. The molecule has 1 aromatic heterocycles. The van der Waals surface area contributed by atoms with Gasteiger partial charge in [-0.25, -0.2) is 9.37 Å². The Morgan fingerprint density at radius 1 is 0.935 bits per heavy atom. The molecule has 6 heteroatoms. The summed E-state index contributed by atoms with van der Waals surface area (Å²) in [5.74, 6) is 0.139. The molecule has 0 spiro atoms. The van der Waals surface area contributed by atoms with Crippen LogP contribution in [-0.4, -0.2) is 21.2 Å². The monoisotopic (exact) mass is 415 g/mol. The van der Waals surface area contributed by atoms with Crippen molar-refractivity contribution in [3.05, 3.63) is 89.5 Å². The number of fused-ring (bicyclic) bond motifs is 1. The predicted octanol–water partition coefficient (Wildman–Crippen LogP) is 5.56. The van der Waals surface area contributed by atoms with Gasteiger partial charge >= 0.3 is 0 Å². The summed E-state index contributed by atoms with van der Waals surface area (Å²) in [5.41, 5.74) is 3.97. The number of ketones is 1. The van der Waals surface area contributed by atoms with Crippen molar-refractivity contribution in [1.29, 1.82) is 0 Å². The number of carbonyl (C=O) groups is 2. The molecule has 0 atom stereocenters. The van der Waals surface area contributed by atoms with E-state index in [0.29, 0.717) is 16.8 Å². The highest BCUT2D eigenvalue weighted by molar-refractivity contribution is 6.06. The van der Waals surface area contributed by atoms with Gasteiger partial charge in [0.15, 0.2) is 5.78 Å². The normalized spacial score (nSPS) is 11.1. The number of aryl methyl sites for hydroxylation is 1. The Hall–Kier alpha value is -3.80. The lowest BCUT2D eigenvalue weighted by molar-refractivity contribution is 0.0939. The topological polar surface area (TPSA) is 64.0 Å². The molecule has 0 fully saturated rings. The Labute approximate surface area is 179 Å². The summed E-state index contributed by atoms with van der Waals surface area (Å²) in [6.45, 7) is 5.57. The number of imidazole rings is 1. The zero-order valence-corrected chi connectivity index (χ0v) is 17.5. The van der Waals surface area contributed by atoms with Crippen molar-refractivity contribution in [2.24, 2.45) is 5.92 Å². The van der Waals surface area contributed by atoms with E-state index in [-0.39, 0.29) is 23.4 Å². The number of carbonyl (C=O) groups excluding carboxylic acids is 2. The molecule has 1 amide bonds. The standard InChI is InChI=1S/C25H22FN3O2/c1-15(2)24(30)17-4-9-20(10-5-17)28-25(31)18-6-13-22-23(14-18)29(16(3)27-22)21-11-7-19(26)8-12-21/h4-15H,1-3H3,(H,28,31). The fourth-order valence-electron chi connectivity index (χ4n) is 3.51. The van der Waals surface area contributed by atoms with Crippen LogP contribution in [0.15, 0.2) is 66.7 Å². The summed E-state index contributed by atoms with van der Waals surface area (Å²) in [6, 6.07) is 18.3. The number of nitrogens with one attached hydrogen (secondary N) is 1. The molecule has 5 nitrogen and oxygen atoms in total. The number of hydrogen-bond donors (Lipinski definition) is 1. The van der Waals surface area contributed by atoms with Crippen molar-refractivity contribution in [2.75, 3.05) is 5.32 Å². The van der Waals surface area contributed by atoms with Gasteiger partial charge in [-0.3, -0.25) is 14.2 Å². The van der Waals surface area contributed by atoms with Crippen molar-refractivity contribution in [1.82, 2.24) is 9.55 Å². The lowest BCUT2D eigenvalue weighted by Gasteiger charge is -2.09. The lowest BCUT2D eigenvalue weighted by atomic mass is 10.0. The van der Waals surface area contributed by atoms with E-state index in [9.17, 15) is 14.0 Å². The predicted molar refractivity (Wildman–Crippen MR) is 119 cm³/mol. The number of hydrogen-bond acceptors (Lipinski definition) is 3. The van der Waals surface area contributed by atoms with E-state index in [0.717, 1.165) is 22.5 Å². The molecular weight excluding hydrogens is 393 g/mol. The molecule has 4 aromatic rings. The molecule has 3 aromatic carbocycles. The van der Waals surface area contributed by atoms with Gasteiger partial charge in [0.2, 0.25) is 0 Å². The average molecular weight is 415 g/mol. The van der Waals surface area contributed by atoms with Gasteiger partial charge in [0.05, 0.1) is 11.0 Å². The summed E-state index contributed by atoms with van der Waals surface area (Å²) >= 11 is 0. The van der Waals surface area contributed by atoms with Gasteiger partial charge in [0, 0.05) is 28.4 Å². The van der Waals surface area contributed by atoms with E-state index in [2.05, 4.69) is 10.3 Å². The van der Waals surface area contributed by atoms with E-state index in [4.69, 9.17) is 0 Å². The second-order valence-corrected chi connectivity index (χ2v) is 7.72. The van der Waals surface area contributed by atoms with Crippen LogP contribution < -0.4 is 5.32 Å². The fraction of sp³-hybridized carbons (Fsp3) is 0.160. The van der Waals surface area contributed by atoms with E-state index >= 15 is 0 Å². The number of anilines is 1. The summed E-state index contributed by atoms with van der Waals surface area (Å²) in [4.78, 5) is 29.4. The maximum Gasteiger partial charge on any atom is 0.255 e. The molecule has 0 bridgehead atoms. The first-order chi connectivity index (χ1) is 14.8. The summed E-state index contributed by atoms with van der Waals surface area (Å²) in [6.07, 6.45) is 0. The molecule has 0 saturated carbocycles. The van der Waals surface area contributed by atoms with E-state index < -0.39 is 0 Å². The first-order valence-electron chi connectivity index (χ1n) is 10.0. The second kappa shape index (κ2) is 8.14. The zero-order chi connectivity index (χ0) is 22.1. The van der Waals surface area contributed by atoms with Crippen LogP contribution in [-0.2, 0) is 0 Å². The van der Waals surface area contributed by atoms with Gasteiger partial charge in [-0.05, 0) is 73.7 Å². The quantitative estimate of drug-likeness (QED) is 0.434. The molecule has 0 aliphatic heterocycles. The number of Topliss-reactive ketones (excluding diaryl/α,β-unsaturated/α-hetero) is 1. The molecule has 0 aliphatic rings. The largest absolute Gasteiger partial charge is 0.322 e. The van der Waals surface area contributed by atoms with Gasteiger partial charge in [-0.1, -0.05) is 13.8 Å². The Kier molecular flexibility index (Phi) is 5.38. The smallest absolute Gasteiger partial charge is 0.255 e. The van der Waals surface area contributed by atoms with Crippen LogP contribution >= 0.6 is 0 Å². The van der Waals surface area contributed by atoms with Gasteiger partial charge in [-0.2, -0.15) is 0 Å². The number of rotatable bonds is 5. The molecule has 0 radical (unpaired) electrons. The first kappa shape index (κ1) is 20.5. The third kappa shape index (κ3) is 4.10. The Morgan fingerprint density at radius 3 is 2.23 bits per heavy atom. The van der Waals surface area contributed by atoms with Crippen LogP contribution in [0.4, 0.5) is 10.1 Å².